The number of hydrogen-bond donors (Lipinski definition) is 0. The third kappa shape index (κ3) is 3.10. The summed E-state index contributed by atoms with van der Waals surface area (Å²) >= 11 is 7.97. The molecule has 0 spiro atoms. The van der Waals surface area contributed by atoms with Gasteiger partial charge in [-0.2, -0.15) is 0 Å². The molecule has 0 aliphatic carbocycles. The number of carbonyl (C=O) groups excluding carboxylic acids is 1. The number of aromatic nitrogens is 2. The average molecular weight is 399 g/mol. The Balaban J connectivity index is 0.000000771. The second-order valence-electron chi connectivity index (χ2n) is 2.93. The van der Waals surface area contributed by atoms with Crippen LogP contribution in [0.3, 0.4) is 0 Å². The van der Waals surface area contributed by atoms with Gasteiger partial charge in [-0.05, 0) is 12.1 Å². The zero-order chi connectivity index (χ0) is 13.7. The standard InChI is InChI=1S/C9H6ClIN2O2S.C2H6/c1-15-9(14)7-8-5(4-6(10)12-7)2-3-13(8)16-11;1-2/h2-4H,1H3;1-2H3. The molecule has 18 heavy (non-hydrogen) atoms. The maximum Gasteiger partial charge on any atom is 0.358 e. The first-order chi connectivity index (χ1) is 8.67. The predicted molar refractivity (Wildman–Crippen MR) is 84.4 cm³/mol. The third-order valence-electron chi connectivity index (χ3n) is 2.05. The lowest BCUT2D eigenvalue weighted by Gasteiger charge is -2.04. The summed E-state index contributed by atoms with van der Waals surface area (Å²) in [7, 11) is 2.77. The van der Waals surface area contributed by atoms with Crippen LogP contribution in [-0.4, -0.2) is 22.0 Å². The molecular formula is C11H12ClIN2O2S. The van der Waals surface area contributed by atoms with E-state index in [1.54, 1.807) is 6.07 Å². The van der Waals surface area contributed by atoms with Gasteiger partial charge >= 0.3 is 5.97 Å². The molecule has 0 bridgehead atoms. The van der Waals surface area contributed by atoms with E-state index < -0.39 is 5.97 Å². The fourth-order valence-corrected chi connectivity index (χ4v) is 2.96. The number of pyridine rings is 1. The van der Waals surface area contributed by atoms with Crippen LogP contribution in [0.2, 0.25) is 5.15 Å². The minimum atomic E-state index is -0.488. The highest BCUT2D eigenvalue weighted by Gasteiger charge is 2.17. The number of fused-ring (bicyclic) bond motifs is 1. The molecule has 0 atom stereocenters. The molecule has 7 heteroatoms. The van der Waals surface area contributed by atoms with Gasteiger partial charge in [0.2, 0.25) is 0 Å². The lowest BCUT2D eigenvalue weighted by molar-refractivity contribution is 0.0596. The molecule has 0 fully saturated rings. The first-order valence-electron chi connectivity index (χ1n) is 5.22. The lowest BCUT2D eigenvalue weighted by Crippen LogP contribution is -2.06. The van der Waals surface area contributed by atoms with E-state index in [2.05, 4.69) is 30.9 Å². The smallest absolute Gasteiger partial charge is 0.358 e. The molecule has 0 aliphatic rings. The Kier molecular flexibility index (Phi) is 6.24. The number of esters is 1. The molecule has 98 valence electrons. The van der Waals surface area contributed by atoms with Gasteiger partial charge in [0.1, 0.15) is 5.15 Å². The second-order valence-corrected chi connectivity index (χ2v) is 5.03. The summed E-state index contributed by atoms with van der Waals surface area (Å²) in [5.41, 5.74) is 0.954. The number of halogens is 2. The normalized spacial score (nSPS) is 9.83. The number of nitrogens with zero attached hydrogens (tertiary/aromatic N) is 2. The number of rotatable bonds is 2. The van der Waals surface area contributed by atoms with Crippen LogP contribution in [0.15, 0.2) is 18.3 Å². The highest BCUT2D eigenvalue weighted by atomic mass is 127. The Morgan fingerprint density at radius 3 is 2.78 bits per heavy atom. The first kappa shape index (κ1) is 15.6. The van der Waals surface area contributed by atoms with Crippen LogP contribution in [0.1, 0.15) is 24.3 Å². The molecule has 0 amide bonds. The fourth-order valence-electron chi connectivity index (χ4n) is 1.40. The summed E-state index contributed by atoms with van der Waals surface area (Å²) in [6.45, 7) is 4.00. The molecule has 0 saturated heterocycles. The number of carbonyl (C=O) groups is 1. The average Bonchev–Trinajstić information content (AvgIpc) is 2.81. The van der Waals surface area contributed by atoms with Gasteiger partial charge < -0.3 is 4.74 Å². The van der Waals surface area contributed by atoms with Crippen molar-refractivity contribution < 1.29 is 9.53 Å². The Hall–Kier alpha value is -0.470. The molecule has 2 heterocycles. The molecular weight excluding hydrogens is 387 g/mol. The zero-order valence-electron chi connectivity index (χ0n) is 10.1. The Morgan fingerprint density at radius 2 is 2.22 bits per heavy atom. The Morgan fingerprint density at radius 1 is 1.56 bits per heavy atom. The summed E-state index contributed by atoms with van der Waals surface area (Å²) in [4.78, 5) is 15.6. The molecule has 2 aromatic rings. The van der Waals surface area contributed by atoms with E-state index in [0.29, 0.717) is 0 Å². The van der Waals surface area contributed by atoms with Crippen molar-refractivity contribution in [2.75, 3.05) is 7.11 Å². The quantitative estimate of drug-likeness (QED) is 0.429. The van der Waals surface area contributed by atoms with Gasteiger partial charge in [0.05, 0.1) is 12.6 Å². The lowest BCUT2D eigenvalue weighted by atomic mass is 10.2. The van der Waals surface area contributed by atoms with E-state index in [4.69, 9.17) is 11.6 Å². The van der Waals surface area contributed by atoms with Crippen molar-refractivity contribution in [3.05, 3.63) is 29.2 Å². The molecule has 4 nitrogen and oxygen atoms in total. The van der Waals surface area contributed by atoms with Crippen LogP contribution in [0, 0.1) is 0 Å². The number of methoxy groups -OCH3 is 1. The van der Waals surface area contributed by atoms with Gasteiger partial charge in [-0.1, -0.05) is 25.4 Å². The minimum absolute atomic E-state index is 0.235. The largest absolute Gasteiger partial charge is 0.464 e. The summed E-state index contributed by atoms with van der Waals surface area (Å²) < 4.78 is 6.52. The summed E-state index contributed by atoms with van der Waals surface area (Å²) in [6.07, 6.45) is 1.85. The highest BCUT2D eigenvalue weighted by Crippen LogP contribution is 2.28. The molecule has 2 aromatic heterocycles. The number of hydrogen-bond acceptors (Lipinski definition) is 4. The summed E-state index contributed by atoms with van der Waals surface area (Å²) in [6, 6.07) is 3.59. The van der Waals surface area contributed by atoms with Crippen molar-refractivity contribution >= 4 is 58.8 Å². The van der Waals surface area contributed by atoms with Crippen molar-refractivity contribution in [1.29, 1.82) is 0 Å². The van der Waals surface area contributed by atoms with Gasteiger partial charge in [-0.25, -0.2) is 9.78 Å². The van der Waals surface area contributed by atoms with E-state index >= 15 is 0 Å². The minimum Gasteiger partial charge on any atom is -0.464 e. The zero-order valence-corrected chi connectivity index (χ0v) is 13.8. The maximum absolute atomic E-state index is 11.6. The van der Waals surface area contributed by atoms with Crippen LogP contribution in [0.25, 0.3) is 10.9 Å². The van der Waals surface area contributed by atoms with Gasteiger partial charge in [0.15, 0.2) is 5.69 Å². The van der Waals surface area contributed by atoms with Gasteiger partial charge in [0, 0.05) is 41.9 Å². The van der Waals surface area contributed by atoms with Crippen molar-refractivity contribution in [1.82, 2.24) is 8.96 Å². The van der Waals surface area contributed by atoms with Crippen LogP contribution >= 0.6 is 41.9 Å². The molecule has 0 N–H and O–H groups in total. The van der Waals surface area contributed by atoms with Gasteiger partial charge in [-0.3, -0.25) is 3.97 Å². The topological polar surface area (TPSA) is 44.1 Å². The molecule has 0 aromatic carbocycles. The molecule has 0 radical (unpaired) electrons. The van der Waals surface area contributed by atoms with Crippen LogP contribution in [0.4, 0.5) is 0 Å². The van der Waals surface area contributed by atoms with E-state index in [0.717, 1.165) is 10.9 Å². The van der Waals surface area contributed by atoms with Crippen LogP contribution in [-0.2, 0) is 4.74 Å². The molecule has 0 unspecified atom stereocenters. The highest BCUT2D eigenvalue weighted by molar-refractivity contribution is 14.2. The SMILES string of the molecule is CC.COC(=O)c1nc(Cl)cc2ccn(SI)c12. The van der Waals surface area contributed by atoms with Crippen LogP contribution < -0.4 is 0 Å². The third-order valence-corrected chi connectivity index (χ3v) is 3.97. The Labute approximate surface area is 127 Å². The summed E-state index contributed by atoms with van der Waals surface area (Å²) in [5.74, 6) is -0.488. The van der Waals surface area contributed by atoms with Crippen molar-refractivity contribution in [3.8, 4) is 0 Å². The van der Waals surface area contributed by atoms with Gasteiger partial charge in [-0.15, -0.1) is 0 Å². The second kappa shape index (κ2) is 7.20. The molecule has 2 rings (SSSR count). The van der Waals surface area contributed by atoms with E-state index in [-0.39, 0.29) is 10.8 Å². The summed E-state index contributed by atoms with van der Waals surface area (Å²) in [5, 5.41) is 1.15. The molecule has 0 aliphatic heterocycles. The van der Waals surface area contributed by atoms with E-state index in [1.165, 1.54) is 16.2 Å². The fraction of sp³-hybridized carbons (Fsp3) is 0.273. The van der Waals surface area contributed by atoms with E-state index in [1.807, 2.05) is 30.1 Å². The Bertz CT molecular complexity index is 559. The first-order valence-corrected chi connectivity index (χ1v) is 8.91. The maximum atomic E-state index is 11.6. The monoisotopic (exact) mass is 398 g/mol. The van der Waals surface area contributed by atoms with Gasteiger partial charge in [0.25, 0.3) is 0 Å². The molecule has 0 saturated carbocycles. The number of ether oxygens (including phenoxy) is 1. The predicted octanol–water partition coefficient (Wildman–Crippen LogP) is 4.35. The van der Waals surface area contributed by atoms with Crippen molar-refractivity contribution in [2.24, 2.45) is 0 Å². The van der Waals surface area contributed by atoms with Crippen molar-refractivity contribution in [3.63, 3.8) is 0 Å². The van der Waals surface area contributed by atoms with Crippen LogP contribution in [0.5, 0.6) is 0 Å². The van der Waals surface area contributed by atoms with Crippen molar-refractivity contribution in [2.45, 2.75) is 13.8 Å². The van der Waals surface area contributed by atoms with E-state index in [9.17, 15) is 4.79 Å².